The van der Waals surface area contributed by atoms with Crippen LogP contribution in [0.3, 0.4) is 0 Å². The average Bonchev–Trinajstić information content (AvgIpc) is 3.28. The minimum absolute atomic E-state index is 0.0214. The lowest BCUT2D eigenvalue weighted by atomic mass is 9.98. The van der Waals surface area contributed by atoms with Gasteiger partial charge in [0.2, 0.25) is 15.9 Å². The molecule has 0 unspecified atom stereocenters. The zero-order valence-electron chi connectivity index (χ0n) is 34.0. The predicted molar refractivity (Wildman–Crippen MR) is 233 cm³/mol. The second kappa shape index (κ2) is 20.2. The molecule has 1 saturated heterocycles. The number of carbonyl (C=O) groups excluding carboxylic acids is 1. The van der Waals surface area contributed by atoms with Crippen molar-refractivity contribution in [1.82, 2.24) is 19.9 Å². The SMILES string of the molecule is Cc1ccc(S(=O)(=O)N[C@H](Cc2ccccc2)C(=O)NCc2cccc(-c3cccc([C@H]4O[C@@H](CN(C)CCc5ccccn5)C[C@@H](c5ccc(CO)cc5)O4)c3)c2)cc1. The van der Waals surface area contributed by atoms with Gasteiger partial charge in [-0.3, -0.25) is 9.78 Å². The molecule has 10 nitrogen and oxygen atoms in total. The first-order valence-corrected chi connectivity index (χ1v) is 21.8. The van der Waals surface area contributed by atoms with Crippen LogP contribution in [-0.4, -0.2) is 61.6 Å². The number of aryl methyl sites for hydroxylation is 1. The molecule has 6 aromatic rings. The minimum atomic E-state index is -3.97. The van der Waals surface area contributed by atoms with E-state index < -0.39 is 28.3 Å². The maximum absolute atomic E-state index is 13.7. The first-order chi connectivity index (χ1) is 29.1. The van der Waals surface area contributed by atoms with E-state index in [1.54, 1.807) is 24.3 Å². The highest BCUT2D eigenvalue weighted by Gasteiger charge is 2.33. The molecule has 1 aliphatic rings. The Kier molecular flexibility index (Phi) is 14.3. The van der Waals surface area contributed by atoms with Crippen LogP contribution in [0, 0.1) is 6.92 Å². The number of pyridine rings is 1. The molecule has 1 aromatic heterocycles. The van der Waals surface area contributed by atoms with Crippen LogP contribution in [-0.2, 0) is 50.3 Å². The number of likely N-dealkylation sites (N-methyl/N-ethyl adjacent to an activating group) is 1. The monoisotopic (exact) mass is 824 g/mol. The summed E-state index contributed by atoms with van der Waals surface area (Å²) in [5, 5.41) is 12.6. The number of hydrogen-bond acceptors (Lipinski definition) is 8. The summed E-state index contributed by atoms with van der Waals surface area (Å²) in [4.78, 5) is 20.6. The van der Waals surface area contributed by atoms with Gasteiger partial charge in [0.15, 0.2) is 6.29 Å². The quantitative estimate of drug-likeness (QED) is 0.0864. The molecule has 7 rings (SSSR count). The van der Waals surface area contributed by atoms with Gasteiger partial charge in [-0.15, -0.1) is 0 Å². The topological polar surface area (TPSA) is 130 Å². The number of carbonyl (C=O) groups is 1. The van der Waals surface area contributed by atoms with Crippen molar-refractivity contribution in [3.63, 3.8) is 0 Å². The summed E-state index contributed by atoms with van der Waals surface area (Å²) in [7, 11) is -1.87. The van der Waals surface area contributed by atoms with Crippen LogP contribution in [0.5, 0.6) is 0 Å². The van der Waals surface area contributed by atoms with E-state index in [1.807, 2.05) is 128 Å². The summed E-state index contributed by atoms with van der Waals surface area (Å²) >= 11 is 0. The summed E-state index contributed by atoms with van der Waals surface area (Å²) in [6.45, 7) is 3.61. The molecule has 1 fully saturated rings. The third-order valence-corrected chi connectivity index (χ3v) is 12.2. The number of nitrogens with zero attached hydrogens (tertiary/aromatic N) is 2. The molecule has 3 N–H and O–H groups in total. The highest BCUT2D eigenvalue weighted by Crippen LogP contribution is 2.39. The lowest BCUT2D eigenvalue weighted by Gasteiger charge is -2.38. The Bertz CT molecular complexity index is 2420. The lowest BCUT2D eigenvalue weighted by molar-refractivity contribution is -0.252. The number of aromatic nitrogens is 1. The van der Waals surface area contributed by atoms with Crippen molar-refractivity contribution in [3.05, 3.63) is 191 Å². The van der Waals surface area contributed by atoms with E-state index in [4.69, 9.17) is 9.47 Å². The van der Waals surface area contributed by atoms with Crippen molar-refractivity contribution in [2.75, 3.05) is 20.1 Å². The van der Waals surface area contributed by atoms with Crippen molar-refractivity contribution < 1.29 is 27.8 Å². The third kappa shape index (κ3) is 11.6. The van der Waals surface area contributed by atoms with Crippen LogP contribution >= 0.6 is 0 Å². The van der Waals surface area contributed by atoms with Gasteiger partial charge < -0.3 is 24.8 Å². The minimum Gasteiger partial charge on any atom is -0.392 e. The molecule has 1 aliphatic heterocycles. The fourth-order valence-electron chi connectivity index (χ4n) is 7.37. The van der Waals surface area contributed by atoms with Gasteiger partial charge in [-0.05, 0) is 90.2 Å². The second-order valence-electron chi connectivity index (χ2n) is 15.4. The highest BCUT2D eigenvalue weighted by molar-refractivity contribution is 7.89. The van der Waals surface area contributed by atoms with E-state index in [-0.39, 0.29) is 36.7 Å². The molecule has 11 heteroatoms. The van der Waals surface area contributed by atoms with E-state index in [9.17, 15) is 18.3 Å². The van der Waals surface area contributed by atoms with E-state index >= 15 is 0 Å². The van der Waals surface area contributed by atoms with E-state index in [0.717, 1.165) is 63.2 Å². The van der Waals surface area contributed by atoms with Crippen LogP contribution in [0.4, 0.5) is 0 Å². The molecule has 0 radical (unpaired) electrons. The molecule has 1 amide bonds. The molecule has 60 heavy (non-hydrogen) atoms. The van der Waals surface area contributed by atoms with Gasteiger partial charge in [0.1, 0.15) is 6.04 Å². The van der Waals surface area contributed by atoms with E-state index in [0.29, 0.717) is 13.0 Å². The summed E-state index contributed by atoms with van der Waals surface area (Å²) < 4.78 is 42.8. The van der Waals surface area contributed by atoms with E-state index in [2.05, 4.69) is 33.0 Å². The van der Waals surface area contributed by atoms with Crippen molar-refractivity contribution in [1.29, 1.82) is 0 Å². The Morgan fingerprint density at radius 1 is 0.800 bits per heavy atom. The number of aliphatic hydroxyl groups is 1. The predicted octanol–water partition coefficient (Wildman–Crippen LogP) is 7.48. The molecule has 0 saturated carbocycles. The number of benzene rings is 5. The Hall–Kier alpha value is -5.53. The number of aliphatic hydroxyl groups excluding tert-OH is 1. The van der Waals surface area contributed by atoms with Crippen LogP contribution in [0.2, 0.25) is 0 Å². The van der Waals surface area contributed by atoms with Gasteiger partial charge in [-0.2, -0.15) is 4.72 Å². The lowest BCUT2D eigenvalue weighted by Crippen LogP contribution is -2.47. The van der Waals surface area contributed by atoms with Gasteiger partial charge in [0.25, 0.3) is 0 Å². The van der Waals surface area contributed by atoms with Gasteiger partial charge >= 0.3 is 0 Å². The Labute approximate surface area is 353 Å². The number of rotatable bonds is 17. The maximum Gasteiger partial charge on any atom is 0.241 e. The van der Waals surface area contributed by atoms with Crippen LogP contribution < -0.4 is 10.0 Å². The summed E-state index contributed by atoms with van der Waals surface area (Å²) in [5.41, 5.74) is 8.34. The molecule has 310 valence electrons. The Morgan fingerprint density at radius 2 is 1.52 bits per heavy atom. The molecule has 0 aliphatic carbocycles. The first kappa shape index (κ1) is 42.6. The Morgan fingerprint density at radius 3 is 2.25 bits per heavy atom. The number of ether oxygens (including phenoxy) is 2. The third-order valence-electron chi connectivity index (χ3n) is 10.7. The van der Waals surface area contributed by atoms with Crippen LogP contribution in [0.25, 0.3) is 11.1 Å². The van der Waals surface area contributed by atoms with Gasteiger partial charge in [-0.25, -0.2) is 8.42 Å². The van der Waals surface area contributed by atoms with Crippen molar-refractivity contribution >= 4 is 15.9 Å². The normalized spacial score (nSPS) is 17.3. The standard InChI is InChI=1S/C49H52N4O6S/c1-35-17-23-45(24-18-35)60(56,57)52-46(29-36-10-4-3-5-11-36)48(55)51-32-38-12-8-13-40(28-38)41-14-9-15-42(30-41)49-58-44(33-53(2)27-25-43-16-6-7-26-50-43)31-47(59-49)39-21-19-37(34-54)20-22-39/h3-24,26,28,30,44,46-47,49,52,54H,25,27,29,31-34H2,1-2H3,(H,51,55)/t44-,46-,47+,49+/m1/s1. The zero-order valence-corrected chi connectivity index (χ0v) is 34.8. The van der Waals surface area contributed by atoms with Crippen molar-refractivity contribution in [2.24, 2.45) is 0 Å². The van der Waals surface area contributed by atoms with Crippen LogP contribution in [0.1, 0.15) is 57.9 Å². The van der Waals surface area contributed by atoms with Crippen molar-refractivity contribution in [3.8, 4) is 11.1 Å². The Balaban J connectivity index is 1.05. The van der Waals surface area contributed by atoms with Gasteiger partial charge in [0.05, 0.1) is 23.7 Å². The molecule has 4 atom stereocenters. The van der Waals surface area contributed by atoms with Crippen LogP contribution in [0.15, 0.2) is 157 Å². The zero-order chi connectivity index (χ0) is 41.9. The molecule has 0 spiro atoms. The number of nitrogens with one attached hydrogen (secondary N) is 2. The summed E-state index contributed by atoms with van der Waals surface area (Å²) in [6, 6.07) is 44.8. The smallest absolute Gasteiger partial charge is 0.241 e. The number of hydrogen-bond donors (Lipinski definition) is 3. The maximum atomic E-state index is 13.7. The highest BCUT2D eigenvalue weighted by atomic mass is 32.2. The second-order valence-corrected chi connectivity index (χ2v) is 17.1. The van der Waals surface area contributed by atoms with Crippen molar-refractivity contribution in [2.45, 2.75) is 68.8 Å². The summed E-state index contributed by atoms with van der Waals surface area (Å²) in [5.74, 6) is -0.425. The van der Waals surface area contributed by atoms with E-state index in [1.165, 1.54) is 0 Å². The largest absolute Gasteiger partial charge is 0.392 e. The molecule has 5 aromatic carbocycles. The van der Waals surface area contributed by atoms with Gasteiger partial charge in [-0.1, -0.05) is 115 Å². The number of sulfonamides is 1. The summed E-state index contributed by atoms with van der Waals surface area (Å²) in [6.07, 6.45) is 2.58. The fraction of sp³-hybridized carbons (Fsp3) is 0.265. The molecular weight excluding hydrogens is 773 g/mol. The average molecular weight is 825 g/mol. The van der Waals surface area contributed by atoms with Gasteiger partial charge in [0, 0.05) is 49.9 Å². The molecule has 2 heterocycles. The molecule has 0 bridgehead atoms. The first-order valence-electron chi connectivity index (χ1n) is 20.3. The number of amides is 1. The fourth-order valence-corrected chi connectivity index (χ4v) is 8.57. The molecular formula is C49H52N4O6S.